The highest BCUT2D eigenvalue weighted by molar-refractivity contribution is 7.99. The van der Waals surface area contributed by atoms with Crippen molar-refractivity contribution in [2.75, 3.05) is 18.6 Å². The summed E-state index contributed by atoms with van der Waals surface area (Å²) >= 11 is 1.54. The van der Waals surface area contributed by atoms with Crippen molar-refractivity contribution in [1.29, 1.82) is 0 Å². The van der Waals surface area contributed by atoms with E-state index >= 15 is 0 Å². The number of hydrogen-bond donors (Lipinski definition) is 1. The molecule has 1 aliphatic heterocycles. The Bertz CT molecular complexity index is 456. The van der Waals surface area contributed by atoms with Crippen molar-refractivity contribution in [1.82, 2.24) is 5.32 Å². The SMILES string of the molecule is COC(=O)C1CSCC(c2ccc(F)cc2F)N1. The Kier molecular flexibility index (Phi) is 4.19. The summed E-state index contributed by atoms with van der Waals surface area (Å²) in [6.45, 7) is 0. The molecule has 1 aromatic carbocycles. The molecule has 1 N–H and O–H groups in total. The number of hydrogen-bond acceptors (Lipinski definition) is 4. The molecule has 2 atom stereocenters. The number of nitrogens with one attached hydrogen (secondary N) is 1. The fourth-order valence-electron chi connectivity index (χ4n) is 1.88. The topological polar surface area (TPSA) is 38.3 Å². The van der Waals surface area contributed by atoms with Gasteiger partial charge in [-0.3, -0.25) is 10.1 Å². The maximum Gasteiger partial charge on any atom is 0.323 e. The van der Waals surface area contributed by atoms with Gasteiger partial charge >= 0.3 is 5.97 Å². The summed E-state index contributed by atoms with van der Waals surface area (Å²) in [6, 6.07) is 2.70. The monoisotopic (exact) mass is 273 g/mol. The molecule has 2 unspecified atom stereocenters. The largest absolute Gasteiger partial charge is 0.468 e. The second-order valence-electron chi connectivity index (χ2n) is 4.00. The molecule has 0 aliphatic carbocycles. The summed E-state index contributed by atoms with van der Waals surface area (Å²) in [6.07, 6.45) is 0. The second kappa shape index (κ2) is 5.67. The zero-order chi connectivity index (χ0) is 13.1. The van der Waals surface area contributed by atoms with Crippen molar-refractivity contribution in [3.05, 3.63) is 35.4 Å². The summed E-state index contributed by atoms with van der Waals surface area (Å²) in [7, 11) is 1.32. The first kappa shape index (κ1) is 13.3. The quantitative estimate of drug-likeness (QED) is 0.835. The molecule has 0 bridgehead atoms. The van der Waals surface area contributed by atoms with E-state index in [1.807, 2.05) is 0 Å². The molecular weight excluding hydrogens is 260 g/mol. The molecule has 0 aromatic heterocycles. The van der Waals surface area contributed by atoms with E-state index in [1.165, 1.54) is 31.0 Å². The minimum atomic E-state index is -0.607. The van der Waals surface area contributed by atoms with Gasteiger partial charge in [0.1, 0.15) is 17.7 Å². The van der Waals surface area contributed by atoms with Gasteiger partial charge in [-0.1, -0.05) is 6.07 Å². The van der Waals surface area contributed by atoms with Gasteiger partial charge in [-0.05, 0) is 6.07 Å². The van der Waals surface area contributed by atoms with Gasteiger partial charge in [0.05, 0.1) is 7.11 Å². The van der Waals surface area contributed by atoms with Gasteiger partial charge in [0, 0.05) is 29.2 Å². The summed E-state index contributed by atoms with van der Waals surface area (Å²) in [4.78, 5) is 11.4. The number of thioether (sulfide) groups is 1. The highest BCUT2D eigenvalue weighted by Crippen LogP contribution is 2.27. The highest BCUT2D eigenvalue weighted by Gasteiger charge is 2.29. The van der Waals surface area contributed by atoms with Crippen molar-refractivity contribution in [3.8, 4) is 0 Å². The molecule has 0 saturated carbocycles. The van der Waals surface area contributed by atoms with Gasteiger partial charge < -0.3 is 4.74 Å². The lowest BCUT2D eigenvalue weighted by Gasteiger charge is -2.29. The molecular formula is C12H13F2NO2S. The lowest BCUT2D eigenvalue weighted by atomic mass is 10.1. The Morgan fingerprint density at radius 3 is 2.89 bits per heavy atom. The van der Waals surface area contributed by atoms with Crippen LogP contribution in [0, 0.1) is 11.6 Å². The molecule has 0 amide bonds. The van der Waals surface area contributed by atoms with Crippen LogP contribution in [0.15, 0.2) is 18.2 Å². The van der Waals surface area contributed by atoms with E-state index in [9.17, 15) is 13.6 Å². The number of methoxy groups -OCH3 is 1. The van der Waals surface area contributed by atoms with Crippen molar-refractivity contribution in [2.24, 2.45) is 0 Å². The summed E-state index contributed by atoms with van der Waals surface area (Å²) in [5.41, 5.74) is 0.373. The summed E-state index contributed by atoms with van der Waals surface area (Å²) < 4.78 is 31.1. The van der Waals surface area contributed by atoms with Crippen LogP contribution in [0.25, 0.3) is 0 Å². The van der Waals surface area contributed by atoms with Crippen LogP contribution < -0.4 is 5.32 Å². The molecule has 18 heavy (non-hydrogen) atoms. The standard InChI is InChI=1S/C12H13F2NO2S/c1-17-12(16)11-6-18-5-10(15-11)8-3-2-7(13)4-9(8)14/h2-4,10-11,15H,5-6H2,1H3. The molecule has 1 saturated heterocycles. The van der Waals surface area contributed by atoms with Crippen LogP contribution in [0.1, 0.15) is 11.6 Å². The fraction of sp³-hybridized carbons (Fsp3) is 0.417. The third kappa shape index (κ3) is 2.81. The molecule has 0 radical (unpaired) electrons. The molecule has 1 heterocycles. The van der Waals surface area contributed by atoms with Gasteiger partial charge in [-0.15, -0.1) is 0 Å². The normalized spacial score (nSPS) is 23.7. The number of benzene rings is 1. The van der Waals surface area contributed by atoms with Crippen molar-refractivity contribution >= 4 is 17.7 Å². The van der Waals surface area contributed by atoms with Crippen LogP contribution in [-0.2, 0) is 9.53 Å². The number of halogens is 2. The first-order chi connectivity index (χ1) is 8.61. The van der Waals surface area contributed by atoms with Crippen LogP contribution in [0.4, 0.5) is 8.78 Å². The van der Waals surface area contributed by atoms with Gasteiger partial charge in [-0.25, -0.2) is 8.78 Å². The average molecular weight is 273 g/mol. The van der Waals surface area contributed by atoms with E-state index in [0.717, 1.165) is 6.07 Å². The Morgan fingerprint density at radius 2 is 2.22 bits per heavy atom. The highest BCUT2D eigenvalue weighted by atomic mass is 32.2. The summed E-state index contributed by atoms with van der Waals surface area (Å²) in [5.74, 6) is -0.347. The fourth-order valence-corrected chi connectivity index (χ4v) is 3.00. The Morgan fingerprint density at radius 1 is 1.44 bits per heavy atom. The first-order valence-electron chi connectivity index (χ1n) is 5.48. The van der Waals surface area contributed by atoms with Crippen molar-refractivity contribution < 1.29 is 18.3 Å². The molecule has 3 nitrogen and oxygen atoms in total. The Balaban J connectivity index is 2.15. The van der Waals surface area contributed by atoms with Crippen LogP contribution >= 0.6 is 11.8 Å². The molecule has 1 fully saturated rings. The predicted molar refractivity (Wildman–Crippen MR) is 65.4 cm³/mol. The molecule has 1 aromatic rings. The Hall–Kier alpha value is -1.14. The molecule has 0 spiro atoms. The van der Waals surface area contributed by atoms with E-state index in [1.54, 1.807) is 0 Å². The number of carbonyl (C=O) groups is 1. The van der Waals surface area contributed by atoms with Gasteiger partial charge in [0.2, 0.25) is 0 Å². The molecule has 6 heteroatoms. The zero-order valence-electron chi connectivity index (χ0n) is 9.78. The third-order valence-corrected chi connectivity index (χ3v) is 3.93. The maximum atomic E-state index is 13.6. The number of ether oxygens (including phenoxy) is 1. The smallest absolute Gasteiger partial charge is 0.323 e. The summed E-state index contributed by atoms with van der Waals surface area (Å²) in [5, 5.41) is 3.02. The average Bonchev–Trinajstić information content (AvgIpc) is 2.38. The Labute approximate surface area is 108 Å². The lowest BCUT2D eigenvalue weighted by Crippen LogP contribution is -2.46. The van der Waals surface area contributed by atoms with E-state index in [-0.39, 0.29) is 12.0 Å². The van der Waals surface area contributed by atoms with Gasteiger partial charge in [0.15, 0.2) is 0 Å². The third-order valence-electron chi connectivity index (χ3n) is 2.80. The molecule has 98 valence electrons. The number of esters is 1. The van der Waals surface area contributed by atoms with Crippen LogP contribution in [0.5, 0.6) is 0 Å². The van der Waals surface area contributed by atoms with Crippen LogP contribution in [0.3, 0.4) is 0 Å². The van der Waals surface area contributed by atoms with Gasteiger partial charge in [0.25, 0.3) is 0 Å². The lowest BCUT2D eigenvalue weighted by molar-refractivity contribution is -0.142. The zero-order valence-corrected chi connectivity index (χ0v) is 10.6. The minimum Gasteiger partial charge on any atom is -0.468 e. The van der Waals surface area contributed by atoms with E-state index in [2.05, 4.69) is 10.1 Å². The number of carbonyl (C=O) groups excluding carboxylic acids is 1. The molecule has 2 rings (SSSR count). The number of rotatable bonds is 2. The minimum absolute atomic E-state index is 0.312. The second-order valence-corrected chi connectivity index (χ2v) is 5.07. The van der Waals surface area contributed by atoms with E-state index in [4.69, 9.17) is 0 Å². The maximum absolute atomic E-state index is 13.6. The van der Waals surface area contributed by atoms with Crippen molar-refractivity contribution in [3.63, 3.8) is 0 Å². The van der Waals surface area contributed by atoms with Crippen molar-refractivity contribution in [2.45, 2.75) is 12.1 Å². The van der Waals surface area contributed by atoms with Crippen LogP contribution in [0.2, 0.25) is 0 Å². The van der Waals surface area contributed by atoms with Crippen LogP contribution in [-0.4, -0.2) is 30.6 Å². The first-order valence-corrected chi connectivity index (χ1v) is 6.64. The predicted octanol–water partition coefficient (Wildman–Crippen LogP) is 1.88. The van der Waals surface area contributed by atoms with E-state index < -0.39 is 17.7 Å². The van der Waals surface area contributed by atoms with Gasteiger partial charge in [-0.2, -0.15) is 11.8 Å². The van der Waals surface area contributed by atoms with E-state index in [0.29, 0.717) is 17.1 Å². The molecule has 1 aliphatic rings.